The van der Waals surface area contributed by atoms with E-state index in [0.717, 1.165) is 19.4 Å². The highest BCUT2D eigenvalue weighted by Crippen LogP contribution is 2.24. The van der Waals surface area contributed by atoms with Crippen LogP contribution in [0.25, 0.3) is 0 Å². The van der Waals surface area contributed by atoms with Crippen LogP contribution in [-0.2, 0) is 6.54 Å². The lowest BCUT2D eigenvalue weighted by Crippen LogP contribution is -2.31. The van der Waals surface area contributed by atoms with Gasteiger partial charge in [-0.3, -0.25) is 4.98 Å². The summed E-state index contributed by atoms with van der Waals surface area (Å²) in [6.07, 6.45) is 6.95. The van der Waals surface area contributed by atoms with Crippen molar-refractivity contribution in [3.63, 3.8) is 0 Å². The summed E-state index contributed by atoms with van der Waals surface area (Å²) in [7, 11) is 0. The second kappa shape index (κ2) is 4.90. The van der Waals surface area contributed by atoms with E-state index in [9.17, 15) is 0 Å². The molecule has 1 aliphatic rings. The minimum Gasteiger partial charge on any atom is -0.309 e. The number of nitriles is 1. The number of nitrogens with one attached hydrogen (secondary N) is 1. The first-order chi connectivity index (χ1) is 7.40. The van der Waals surface area contributed by atoms with E-state index in [0.29, 0.717) is 6.04 Å². The summed E-state index contributed by atoms with van der Waals surface area (Å²) in [6.45, 7) is 0.839. The largest absolute Gasteiger partial charge is 0.309 e. The van der Waals surface area contributed by atoms with Crippen LogP contribution in [0.2, 0.25) is 0 Å². The van der Waals surface area contributed by atoms with E-state index in [1.807, 2.05) is 12.1 Å². The molecule has 0 aliphatic heterocycles. The molecule has 0 saturated heterocycles. The quantitative estimate of drug-likeness (QED) is 0.812. The molecule has 1 saturated carbocycles. The van der Waals surface area contributed by atoms with Gasteiger partial charge in [0.15, 0.2) is 0 Å². The molecule has 0 aromatic carbocycles. The zero-order chi connectivity index (χ0) is 10.5. The van der Waals surface area contributed by atoms with E-state index in [2.05, 4.69) is 16.4 Å². The van der Waals surface area contributed by atoms with Crippen molar-refractivity contribution in [1.29, 1.82) is 5.26 Å². The van der Waals surface area contributed by atoms with Gasteiger partial charge in [-0.25, -0.2) is 0 Å². The summed E-state index contributed by atoms with van der Waals surface area (Å²) in [6, 6.07) is 6.76. The summed E-state index contributed by atoms with van der Waals surface area (Å²) in [5, 5.41) is 12.4. The molecule has 1 N–H and O–H groups in total. The average Bonchev–Trinajstić information content (AvgIpc) is 2.75. The molecule has 1 aromatic rings. The van der Waals surface area contributed by atoms with Crippen molar-refractivity contribution in [3.05, 3.63) is 30.1 Å². The highest BCUT2D eigenvalue weighted by Gasteiger charge is 2.26. The molecular weight excluding hydrogens is 186 g/mol. The van der Waals surface area contributed by atoms with Gasteiger partial charge in [0.1, 0.15) is 0 Å². The average molecular weight is 201 g/mol. The fraction of sp³-hybridized carbons (Fsp3) is 0.500. The molecule has 1 aromatic heterocycles. The van der Waals surface area contributed by atoms with Crippen molar-refractivity contribution in [3.8, 4) is 6.07 Å². The predicted molar refractivity (Wildman–Crippen MR) is 57.8 cm³/mol. The Morgan fingerprint density at radius 3 is 2.93 bits per heavy atom. The van der Waals surface area contributed by atoms with Gasteiger partial charge in [-0.15, -0.1) is 0 Å². The second-order valence-electron chi connectivity index (χ2n) is 4.01. The lowest BCUT2D eigenvalue weighted by Gasteiger charge is -2.15. The summed E-state index contributed by atoms with van der Waals surface area (Å²) in [4.78, 5) is 3.98. The van der Waals surface area contributed by atoms with Crippen LogP contribution < -0.4 is 5.32 Å². The van der Waals surface area contributed by atoms with Crippen LogP contribution in [0.3, 0.4) is 0 Å². The molecule has 0 bridgehead atoms. The van der Waals surface area contributed by atoms with Gasteiger partial charge in [-0.05, 0) is 30.5 Å². The maximum Gasteiger partial charge on any atom is 0.0672 e. The topological polar surface area (TPSA) is 48.7 Å². The van der Waals surface area contributed by atoms with Crippen LogP contribution >= 0.6 is 0 Å². The maximum atomic E-state index is 8.93. The third kappa shape index (κ3) is 2.54. The van der Waals surface area contributed by atoms with Crippen molar-refractivity contribution in [2.24, 2.45) is 5.92 Å². The van der Waals surface area contributed by atoms with Gasteiger partial charge >= 0.3 is 0 Å². The Morgan fingerprint density at radius 2 is 2.20 bits per heavy atom. The molecule has 0 amide bonds. The Hall–Kier alpha value is -1.40. The number of pyridine rings is 1. The van der Waals surface area contributed by atoms with E-state index in [1.54, 1.807) is 12.4 Å². The first-order valence-corrected chi connectivity index (χ1v) is 5.42. The molecule has 3 nitrogen and oxygen atoms in total. The van der Waals surface area contributed by atoms with E-state index >= 15 is 0 Å². The van der Waals surface area contributed by atoms with E-state index in [-0.39, 0.29) is 5.92 Å². The van der Waals surface area contributed by atoms with Crippen LogP contribution in [0, 0.1) is 17.2 Å². The molecule has 1 fully saturated rings. The Morgan fingerprint density at radius 1 is 1.40 bits per heavy atom. The summed E-state index contributed by atoms with van der Waals surface area (Å²) in [5.74, 6) is 0.201. The van der Waals surface area contributed by atoms with E-state index in [4.69, 9.17) is 5.26 Å². The van der Waals surface area contributed by atoms with Gasteiger partial charge in [0, 0.05) is 25.0 Å². The number of hydrogen-bond acceptors (Lipinski definition) is 3. The zero-order valence-electron chi connectivity index (χ0n) is 8.69. The smallest absolute Gasteiger partial charge is 0.0672 e. The normalized spacial score (nSPS) is 25.0. The van der Waals surface area contributed by atoms with Gasteiger partial charge in [0.05, 0.1) is 12.0 Å². The number of rotatable bonds is 3. The molecule has 15 heavy (non-hydrogen) atoms. The highest BCUT2D eigenvalue weighted by atomic mass is 14.9. The fourth-order valence-corrected chi connectivity index (χ4v) is 2.11. The molecule has 0 spiro atoms. The summed E-state index contributed by atoms with van der Waals surface area (Å²) < 4.78 is 0. The Balaban J connectivity index is 1.86. The van der Waals surface area contributed by atoms with Gasteiger partial charge in [-0.1, -0.05) is 6.42 Å². The number of hydrogen-bond donors (Lipinski definition) is 1. The summed E-state index contributed by atoms with van der Waals surface area (Å²) in [5.41, 5.74) is 1.23. The number of aromatic nitrogens is 1. The lowest BCUT2D eigenvalue weighted by molar-refractivity contribution is 0.464. The SMILES string of the molecule is N#CC1CCCC1NCc1ccncc1. The van der Waals surface area contributed by atoms with Crippen LogP contribution in [0.15, 0.2) is 24.5 Å². The molecule has 3 heteroatoms. The van der Waals surface area contributed by atoms with Crippen LogP contribution in [0.5, 0.6) is 0 Å². The van der Waals surface area contributed by atoms with Gasteiger partial charge in [-0.2, -0.15) is 5.26 Å². The van der Waals surface area contributed by atoms with Gasteiger partial charge in [0.25, 0.3) is 0 Å². The maximum absolute atomic E-state index is 8.93. The second-order valence-corrected chi connectivity index (χ2v) is 4.01. The zero-order valence-corrected chi connectivity index (χ0v) is 8.69. The molecule has 2 atom stereocenters. The van der Waals surface area contributed by atoms with Gasteiger partial charge in [0.2, 0.25) is 0 Å². The fourth-order valence-electron chi connectivity index (χ4n) is 2.11. The van der Waals surface area contributed by atoms with Crippen molar-refractivity contribution < 1.29 is 0 Å². The molecule has 0 radical (unpaired) electrons. The highest BCUT2D eigenvalue weighted by molar-refractivity contribution is 5.10. The van der Waals surface area contributed by atoms with Crippen molar-refractivity contribution in [2.75, 3.05) is 0 Å². The first kappa shape index (κ1) is 10.1. The Bertz CT molecular complexity index is 342. The third-order valence-corrected chi connectivity index (χ3v) is 3.00. The Kier molecular flexibility index (Phi) is 3.31. The van der Waals surface area contributed by atoms with Crippen molar-refractivity contribution in [2.45, 2.75) is 31.8 Å². The van der Waals surface area contributed by atoms with Crippen LogP contribution in [-0.4, -0.2) is 11.0 Å². The van der Waals surface area contributed by atoms with Crippen molar-refractivity contribution >= 4 is 0 Å². The predicted octanol–water partition coefficient (Wildman–Crippen LogP) is 1.86. The molecule has 2 rings (SSSR count). The Labute approximate surface area is 90.1 Å². The van der Waals surface area contributed by atoms with Gasteiger partial charge < -0.3 is 5.32 Å². The molecular formula is C12H15N3. The summed E-state index contributed by atoms with van der Waals surface area (Å²) >= 11 is 0. The molecule has 1 heterocycles. The lowest BCUT2D eigenvalue weighted by atomic mass is 10.1. The van der Waals surface area contributed by atoms with E-state index < -0.39 is 0 Å². The van der Waals surface area contributed by atoms with Crippen LogP contribution in [0.4, 0.5) is 0 Å². The minimum absolute atomic E-state index is 0.201. The molecule has 1 aliphatic carbocycles. The first-order valence-electron chi connectivity index (χ1n) is 5.42. The standard InChI is InChI=1S/C12H15N3/c13-8-11-2-1-3-12(11)15-9-10-4-6-14-7-5-10/h4-7,11-12,15H,1-3,9H2. The molecule has 78 valence electrons. The minimum atomic E-state index is 0.201. The van der Waals surface area contributed by atoms with Crippen LogP contribution in [0.1, 0.15) is 24.8 Å². The molecule has 2 unspecified atom stereocenters. The number of nitrogens with zero attached hydrogens (tertiary/aromatic N) is 2. The van der Waals surface area contributed by atoms with E-state index in [1.165, 1.54) is 12.0 Å². The van der Waals surface area contributed by atoms with Crippen molar-refractivity contribution in [1.82, 2.24) is 10.3 Å². The third-order valence-electron chi connectivity index (χ3n) is 3.00. The monoisotopic (exact) mass is 201 g/mol.